The monoisotopic (exact) mass is 410 g/mol. The van der Waals surface area contributed by atoms with E-state index in [0.717, 1.165) is 11.3 Å². The lowest BCUT2D eigenvalue weighted by Gasteiger charge is -2.22. The molecule has 1 aliphatic rings. The number of nitrogens with zero attached hydrogens (tertiary/aromatic N) is 2. The lowest BCUT2D eigenvalue weighted by molar-refractivity contribution is -0.150. The Morgan fingerprint density at radius 1 is 1.39 bits per heavy atom. The number of nitrogens with one attached hydrogen (secondary N) is 2. The highest BCUT2D eigenvalue weighted by molar-refractivity contribution is 6.32. The molecule has 0 radical (unpaired) electrons. The van der Waals surface area contributed by atoms with Crippen LogP contribution in [0.4, 0.5) is 10.5 Å². The van der Waals surface area contributed by atoms with Gasteiger partial charge in [-0.15, -0.1) is 0 Å². The molecular formula is C18H23ClN4O5. The highest BCUT2D eigenvalue weighted by atomic mass is 35.5. The van der Waals surface area contributed by atoms with Crippen molar-refractivity contribution in [2.24, 2.45) is 5.92 Å². The third-order valence-corrected chi connectivity index (χ3v) is 4.55. The molecule has 2 rings (SSSR count). The maximum Gasteiger partial charge on any atom is 0.326 e. The van der Waals surface area contributed by atoms with Gasteiger partial charge in [-0.05, 0) is 37.8 Å². The van der Waals surface area contributed by atoms with Crippen molar-refractivity contribution >= 4 is 41.1 Å². The summed E-state index contributed by atoms with van der Waals surface area (Å²) in [5, 5.41) is 5.17. The maximum absolute atomic E-state index is 12.5. The zero-order valence-electron chi connectivity index (χ0n) is 16.0. The number of esters is 1. The predicted molar refractivity (Wildman–Crippen MR) is 102 cm³/mol. The van der Waals surface area contributed by atoms with Gasteiger partial charge >= 0.3 is 12.0 Å². The fourth-order valence-electron chi connectivity index (χ4n) is 2.62. The number of aromatic nitrogens is 1. The molecule has 2 N–H and O–H groups in total. The van der Waals surface area contributed by atoms with Gasteiger partial charge in [-0.3, -0.25) is 19.3 Å². The largest absolute Gasteiger partial charge is 0.454 e. The quantitative estimate of drug-likeness (QED) is 0.384. The number of hydrogen-bond acceptors (Lipinski definition) is 6. The maximum atomic E-state index is 12.5. The summed E-state index contributed by atoms with van der Waals surface area (Å²) >= 11 is 5.83. The van der Waals surface area contributed by atoms with Crippen molar-refractivity contribution in [1.82, 2.24) is 15.2 Å². The standard InChI is InChI=1S/C18H23ClN4O5/c1-11(2)6-7-18(3)16(26)23(17(27)22-18)9-14(25)28-10-13(24)21-12-5-4-8-20-15(12)19/h4-5,8,11H,6-7,9-10H2,1-3H3,(H,21,24)(H,22,27)/t18-/m1/s1. The Labute approximate surface area is 167 Å². The van der Waals surface area contributed by atoms with Crippen molar-refractivity contribution in [2.45, 2.75) is 39.2 Å². The Bertz CT molecular complexity index is 785. The van der Waals surface area contributed by atoms with Crippen LogP contribution in [0.15, 0.2) is 18.3 Å². The van der Waals surface area contributed by atoms with E-state index in [1.54, 1.807) is 19.1 Å². The Hall–Kier alpha value is -2.68. The number of rotatable bonds is 8. The van der Waals surface area contributed by atoms with Gasteiger partial charge in [0.05, 0.1) is 5.69 Å². The molecule has 0 aromatic carbocycles. The molecule has 0 bridgehead atoms. The number of carbonyl (C=O) groups is 4. The number of hydrogen-bond donors (Lipinski definition) is 2. The number of amides is 4. The van der Waals surface area contributed by atoms with Crippen LogP contribution in [0, 0.1) is 5.92 Å². The lowest BCUT2D eigenvalue weighted by atomic mass is 9.92. The van der Waals surface area contributed by atoms with E-state index >= 15 is 0 Å². The van der Waals surface area contributed by atoms with Gasteiger partial charge in [0.25, 0.3) is 11.8 Å². The Balaban J connectivity index is 1.85. The number of anilines is 1. The average molecular weight is 411 g/mol. The minimum atomic E-state index is -1.05. The van der Waals surface area contributed by atoms with E-state index in [9.17, 15) is 19.2 Å². The van der Waals surface area contributed by atoms with Crippen LogP contribution in [0.3, 0.4) is 0 Å². The summed E-state index contributed by atoms with van der Waals surface area (Å²) in [6, 6.07) is 2.47. The third kappa shape index (κ3) is 5.41. The topological polar surface area (TPSA) is 118 Å². The van der Waals surface area contributed by atoms with Crippen molar-refractivity contribution in [3.8, 4) is 0 Å². The second-order valence-electron chi connectivity index (χ2n) is 7.14. The second-order valence-corrected chi connectivity index (χ2v) is 7.49. The molecule has 1 saturated heterocycles. The van der Waals surface area contributed by atoms with Crippen LogP contribution in [0.1, 0.15) is 33.6 Å². The highest BCUT2D eigenvalue weighted by Crippen LogP contribution is 2.24. The van der Waals surface area contributed by atoms with E-state index in [1.165, 1.54) is 6.20 Å². The summed E-state index contributed by atoms with van der Waals surface area (Å²) in [7, 11) is 0. The van der Waals surface area contributed by atoms with E-state index in [4.69, 9.17) is 16.3 Å². The molecule has 152 valence electrons. The first-order chi connectivity index (χ1) is 13.1. The molecule has 4 amide bonds. The van der Waals surface area contributed by atoms with Gasteiger partial charge in [0.1, 0.15) is 12.1 Å². The van der Waals surface area contributed by atoms with Crippen LogP contribution < -0.4 is 10.6 Å². The third-order valence-electron chi connectivity index (χ3n) is 4.25. The molecule has 1 atom stereocenters. The smallest absolute Gasteiger partial charge is 0.326 e. The predicted octanol–water partition coefficient (Wildman–Crippen LogP) is 1.96. The van der Waals surface area contributed by atoms with Crippen LogP contribution in [0.5, 0.6) is 0 Å². The van der Waals surface area contributed by atoms with Gasteiger partial charge < -0.3 is 15.4 Å². The Kier molecular flexibility index (Phi) is 6.95. The van der Waals surface area contributed by atoms with Gasteiger partial charge in [-0.1, -0.05) is 25.4 Å². The second kappa shape index (κ2) is 9.01. The van der Waals surface area contributed by atoms with Crippen molar-refractivity contribution in [3.05, 3.63) is 23.5 Å². The fraction of sp³-hybridized carbons (Fsp3) is 0.500. The Morgan fingerprint density at radius 2 is 2.11 bits per heavy atom. The number of ether oxygens (including phenoxy) is 1. The molecule has 0 unspecified atom stereocenters. The SMILES string of the molecule is CC(C)CC[C@@]1(C)NC(=O)N(CC(=O)OCC(=O)Nc2cccnc2Cl)C1=O. The first kappa shape index (κ1) is 21.6. The summed E-state index contributed by atoms with van der Waals surface area (Å²) < 4.78 is 4.85. The van der Waals surface area contributed by atoms with Crippen molar-refractivity contribution in [2.75, 3.05) is 18.5 Å². The molecule has 1 fully saturated rings. The minimum absolute atomic E-state index is 0.0993. The van der Waals surface area contributed by atoms with E-state index < -0.39 is 42.5 Å². The van der Waals surface area contributed by atoms with E-state index in [1.807, 2.05) is 13.8 Å². The van der Waals surface area contributed by atoms with E-state index in [-0.39, 0.29) is 10.8 Å². The summed E-state index contributed by atoms with van der Waals surface area (Å²) in [5.41, 5.74) is -0.768. The molecule has 9 nitrogen and oxygen atoms in total. The van der Waals surface area contributed by atoms with Crippen LogP contribution in [-0.2, 0) is 19.1 Å². The Morgan fingerprint density at radius 3 is 2.75 bits per heavy atom. The summed E-state index contributed by atoms with van der Waals surface area (Å²) in [6.45, 7) is 4.51. The van der Waals surface area contributed by atoms with Crippen LogP contribution in [0.2, 0.25) is 5.15 Å². The molecule has 0 saturated carbocycles. The molecule has 28 heavy (non-hydrogen) atoms. The first-order valence-corrected chi connectivity index (χ1v) is 9.20. The molecule has 1 aromatic heterocycles. The molecular weight excluding hydrogens is 388 g/mol. The van der Waals surface area contributed by atoms with Gasteiger partial charge in [0, 0.05) is 6.20 Å². The number of pyridine rings is 1. The molecule has 1 aliphatic heterocycles. The van der Waals surface area contributed by atoms with Gasteiger partial charge in [0.15, 0.2) is 11.8 Å². The van der Waals surface area contributed by atoms with Crippen LogP contribution >= 0.6 is 11.6 Å². The van der Waals surface area contributed by atoms with Crippen LogP contribution in [-0.4, -0.2) is 52.4 Å². The summed E-state index contributed by atoms with van der Waals surface area (Å²) in [6.07, 6.45) is 2.68. The van der Waals surface area contributed by atoms with Crippen molar-refractivity contribution in [1.29, 1.82) is 0 Å². The average Bonchev–Trinajstić information content (AvgIpc) is 2.84. The summed E-state index contributed by atoms with van der Waals surface area (Å²) in [5.74, 6) is -1.61. The number of carbonyl (C=O) groups excluding carboxylic acids is 4. The summed E-state index contributed by atoms with van der Waals surface area (Å²) in [4.78, 5) is 53.1. The zero-order valence-corrected chi connectivity index (χ0v) is 16.7. The number of halogens is 1. The molecule has 1 aromatic rings. The van der Waals surface area contributed by atoms with Crippen LogP contribution in [0.25, 0.3) is 0 Å². The van der Waals surface area contributed by atoms with Gasteiger partial charge in [-0.25, -0.2) is 9.78 Å². The van der Waals surface area contributed by atoms with E-state index in [2.05, 4.69) is 15.6 Å². The van der Waals surface area contributed by atoms with Gasteiger partial charge in [-0.2, -0.15) is 0 Å². The number of urea groups is 1. The van der Waals surface area contributed by atoms with Crippen molar-refractivity contribution < 1.29 is 23.9 Å². The van der Waals surface area contributed by atoms with Crippen molar-refractivity contribution in [3.63, 3.8) is 0 Å². The zero-order chi connectivity index (χ0) is 20.9. The molecule has 0 aliphatic carbocycles. The fourth-order valence-corrected chi connectivity index (χ4v) is 2.79. The molecule has 0 spiro atoms. The van der Waals surface area contributed by atoms with Gasteiger partial charge in [0.2, 0.25) is 0 Å². The van der Waals surface area contributed by atoms with E-state index in [0.29, 0.717) is 12.3 Å². The first-order valence-electron chi connectivity index (χ1n) is 8.82. The highest BCUT2D eigenvalue weighted by Gasteiger charge is 2.48. The molecule has 10 heteroatoms. The minimum Gasteiger partial charge on any atom is -0.454 e. The normalized spacial score (nSPS) is 19.0. The lowest BCUT2D eigenvalue weighted by Crippen LogP contribution is -2.44. The number of imide groups is 1. The molecule has 2 heterocycles.